The molecule has 1 unspecified atom stereocenters. The largest absolute Gasteiger partial charge is 0.481 e. The molecule has 6 heteroatoms. The zero-order valence-corrected chi connectivity index (χ0v) is 10.6. The predicted octanol–water partition coefficient (Wildman–Crippen LogP) is 0.670. The highest BCUT2D eigenvalue weighted by Crippen LogP contribution is 2.25. The Labute approximate surface area is 106 Å². The fourth-order valence-electron chi connectivity index (χ4n) is 2.61. The third-order valence-corrected chi connectivity index (χ3v) is 3.88. The summed E-state index contributed by atoms with van der Waals surface area (Å²) in [7, 11) is 1.76. The lowest BCUT2D eigenvalue weighted by Gasteiger charge is -2.25. The highest BCUT2D eigenvalue weighted by molar-refractivity contribution is 5.75. The molecule has 2 fully saturated rings. The van der Waals surface area contributed by atoms with E-state index in [1.807, 2.05) is 0 Å². The number of aliphatic carboxylic acids is 1. The molecule has 1 saturated heterocycles. The smallest absolute Gasteiger partial charge is 0.317 e. The van der Waals surface area contributed by atoms with Crippen molar-refractivity contribution in [2.75, 3.05) is 20.3 Å². The average Bonchev–Trinajstić information content (AvgIpc) is 2.98. The molecule has 2 rings (SSSR count). The molecule has 1 aliphatic carbocycles. The number of hydrogen-bond donors (Lipinski definition) is 2. The molecule has 0 radical (unpaired) electrons. The van der Waals surface area contributed by atoms with E-state index < -0.39 is 5.97 Å². The summed E-state index contributed by atoms with van der Waals surface area (Å²) in [6, 6.07) is 0.00610. The molecule has 102 valence electrons. The van der Waals surface area contributed by atoms with E-state index in [9.17, 15) is 9.59 Å². The van der Waals surface area contributed by atoms with Gasteiger partial charge in [0, 0.05) is 19.7 Å². The summed E-state index contributed by atoms with van der Waals surface area (Å²) in [5.74, 6) is -1.07. The number of nitrogens with one attached hydrogen (secondary N) is 1. The Hall–Kier alpha value is -1.30. The number of carboxylic acids is 1. The summed E-state index contributed by atoms with van der Waals surface area (Å²) in [6.07, 6.45) is 2.80. The summed E-state index contributed by atoms with van der Waals surface area (Å²) < 4.78 is 5.25. The Bertz CT molecular complexity index is 328. The lowest BCUT2D eigenvalue weighted by Crippen LogP contribution is -2.47. The van der Waals surface area contributed by atoms with Crippen molar-refractivity contribution in [1.29, 1.82) is 0 Å². The molecule has 2 amide bonds. The van der Waals surface area contributed by atoms with E-state index in [4.69, 9.17) is 9.84 Å². The van der Waals surface area contributed by atoms with Crippen molar-refractivity contribution < 1.29 is 19.4 Å². The first-order valence-corrected chi connectivity index (χ1v) is 6.42. The van der Waals surface area contributed by atoms with Crippen molar-refractivity contribution in [3.05, 3.63) is 0 Å². The monoisotopic (exact) mass is 256 g/mol. The molecule has 3 atom stereocenters. The Morgan fingerprint density at radius 1 is 1.33 bits per heavy atom. The van der Waals surface area contributed by atoms with E-state index in [-0.39, 0.29) is 24.0 Å². The lowest BCUT2D eigenvalue weighted by molar-refractivity contribution is -0.141. The number of hydrogen-bond acceptors (Lipinski definition) is 3. The van der Waals surface area contributed by atoms with Crippen LogP contribution in [0.2, 0.25) is 0 Å². The zero-order chi connectivity index (χ0) is 13.1. The van der Waals surface area contributed by atoms with Gasteiger partial charge in [-0.2, -0.15) is 0 Å². The Morgan fingerprint density at radius 3 is 2.67 bits per heavy atom. The number of carbonyl (C=O) groups is 2. The van der Waals surface area contributed by atoms with E-state index >= 15 is 0 Å². The highest BCUT2D eigenvalue weighted by Gasteiger charge is 2.32. The van der Waals surface area contributed by atoms with Crippen molar-refractivity contribution in [2.24, 2.45) is 5.92 Å². The standard InChI is InChI=1S/C12H20N2O4/c1-14(10-4-5-18-7-10)12(17)13-9-3-2-8(6-9)11(15)16/h8-10H,2-7H2,1H3,(H,13,17)(H,15,16)/t8-,9+,10?/m1/s1. The molecule has 0 bridgehead atoms. The van der Waals surface area contributed by atoms with Gasteiger partial charge in [-0.25, -0.2) is 4.79 Å². The normalized spacial score (nSPS) is 31.3. The molecular weight excluding hydrogens is 236 g/mol. The summed E-state index contributed by atoms with van der Waals surface area (Å²) in [5.41, 5.74) is 0. The van der Waals surface area contributed by atoms with Crippen LogP contribution in [-0.2, 0) is 9.53 Å². The SMILES string of the molecule is CN(C(=O)N[C@H]1CC[C@@H](C(=O)O)C1)C1CCOC1. The van der Waals surface area contributed by atoms with Gasteiger partial charge in [0.15, 0.2) is 0 Å². The van der Waals surface area contributed by atoms with Gasteiger partial charge >= 0.3 is 12.0 Å². The van der Waals surface area contributed by atoms with Crippen LogP contribution in [0.5, 0.6) is 0 Å². The average molecular weight is 256 g/mol. The third kappa shape index (κ3) is 2.93. The molecule has 0 aromatic carbocycles. The fourth-order valence-corrected chi connectivity index (χ4v) is 2.61. The Morgan fingerprint density at radius 2 is 2.11 bits per heavy atom. The van der Waals surface area contributed by atoms with Crippen LogP contribution in [0.15, 0.2) is 0 Å². The maximum Gasteiger partial charge on any atom is 0.317 e. The van der Waals surface area contributed by atoms with Gasteiger partial charge in [-0.15, -0.1) is 0 Å². The van der Waals surface area contributed by atoms with Crippen molar-refractivity contribution in [1.82, 2.24) is 10.2 Å². The van der Waals surface area contributed by atoms with Gasteiger partial charge in [0.2, 0.25) is 0 Å². The van der Waals surface area contributed by atoms with Crippen molar-refractivity contribution in [3.8, 4) is 0 Å². The second kappa shape index (κ2) is 5.56. The fraction of sp³-hybridized carbons (Fsp3) is 0.833. The van der Waals surface area contributed by atoms with Crippen LogP contribution in [0.4, 0.5) is 4.79 Å². The van der Waals surface area contributed by atoms with E-state index in [0.717, 1.165) is 12.8 Å². The molecular formula is C12H20N2O4. The Balaban J connectivity index is 1.79. The third-order valence-electron chi connectivity index (χ3n) is 3.88. The minimum atomic E-state index is -0.760. The van der Waals surface area contributed by atoms with Gasteiger partial charge in [0.05, 0.1) is 18.6 Å². The first-order chi connectivity index (χ1) is 8.58. The van der Waals surface area contributed by atoms with E-state index in [0.29, 0.717) is 26.1 Å². The van der Waals surface area contributed by atoms with Crippen LogP contribution in [0.25, 0.3) is 0 Å². The topological polar surface area (TPSA) is 78.9 Å². The minimum absolute atomic E-state index is 0.0108. The molecule has 1 saturated carbocycles. The number of rotatable bonds is 3. The van der Waals surface area contributed by atoms with Gasteiger partial charge in [-0.1, -0.05) is 0 Å². The summed E-state index contributed by atoms with van der Waals surface area (Å²) in [6.45, 7) is 1.29. The molecule has 1 heterocycles. The van der Waals surface area contributed by atoms with Gasteiger partial charge in [-0.05, 0) is 25.7 Å². The molecule has 2 N–H and O–H groups in total. The summed E-state index contributed by atoms with van der Waals surface area (Å²) >= 11 is 0. The molecule has 2 aliphatic rings. The van der Waals surface area contributed by atoms with Crippen LogP contribution in [0.1, 0.15) is 25.7 Å². The van der Waals surface area contributed by atoms with Crippen molar-refractivity contribution in [2.45, 2.75) is 37.8 Å². The molecule has 18 heavy (non-hydrogen) atoms. The van der Waals surface area contributed by atoms with E-state index in [1.165, 1.54) is 0 Å². The number of nitrogens with zero attached hydrogens (tertiary/aromatic N) is 1. The van der Waals surface area contributed by atoms with Crippen LogP contribution >= 0.6 is 0 Å². The lowest BCUT2D eigenvalue weighted by atomic mass is 10.1. The molecule has 6 nitrogen and oxygen atoms in total. The van der Waals surface area contributed by atoms with Gasteiger partial charge < -0.3 is 20.1 Å². The predicted molar refractivity (Wildman–Crippen MR) is 64.3 cm³/mol. The van der Waals surface area contributed by atoms with Crippen molar-refractivity contribution >= 4 is 12.0 Å². The molecule has 0 aromatic heterocycles. The number of urea groups is 1. The number of amides is 2. The minimum Gasteiger partial charge on any atom is -0.481 e. The van der Waals surface area contributed by atoms with Crippen molar-refractivity contribution in [3.63, 3.8) is 0 Å². The van der Waals surface area contributed by atoms with E-state index in [1.54, 1.807) is 11.9 Å². The van der Waals surface area contributed by atoms with Crippen LogP contribution in [0.3, 0.4) is 0 Å². The maximum absolute atomic E-state index is 12.0. The molecule has 1 aliphatic heterocycles. The van der Waals surface area contributed by atoms with Gasteiger partial charge in [-0.3, -0.25) is 4.79 Å². The number of carbonyl (C=O) groups excluding carboxylic acids is 1. The maximum atomic E-state index is 12.0. The Kier molecular flexibility index (Phi) is 4.06. The van der Waals surface area contributed by atoms with E-state index in [2.05, 4.69) is 5.32 Å². The molecule has 0 aromatic rings. The highest BCUT2D eigenvalue weighted by atomic mass is 16.5. The summed E-state index contributed by atoms with van der Waals surface area (Å²) in [4.78, 5) is 24.5. The zero-order valence-electron chi connectivity index (χ0n) is 10.6. The van der Waals surface area contributed by atoms with Crippen LogP contribution in [-0.4, -0.2) is 54.4 Å². The van der Waals surface area contributed by atoms with Crippen LogP contribution in [0, 0.1) is 5.92 Å². The number of carboxylic acid groups (broad SMARTS) is 1. The van der Waals surface area contributed by atoms with Crippen LogP contribution < -0.4 is 5.32 Å². The quantitative estimate of drug-likeness (QED) is 0.778. The van der Waals surface area contributed by atoms with Gasteiger partial charge in [0.25, 0.3) is 0 Å². The summed E-state index contributed by atoms with van der Waals surface area (Å²) in [5, 5.41) is 11.8. The first kappa shape index (κ1) is 13.1. The number of ether oxygens (including phenoxy) is 1. The second-order valence-corrected chi connectivity index (χ2v) is 5.12. The molecule has 0 spiro atoms. The van der Waals surface area contributed by atoms with Gasteiger partial charge in [0.1, 0.15) is 0 Å². The first-order valence-electron chi connectivity index (χ1n) is 6.42. The second-order valence-electron chi connectivity index (χ2n) is 5.12. The number of likely N-dealkylation sites (N-methyl/N-ethyl adjacent to an activating group) is 1.